The summed E-state index contributed by atoms with van der Waals surface area (Å²) in [7, 11) is 0. The summed E-state index contributed by atoms with van der Waals surface area (Å²) in [6, 6.07) is 6.11. The Hall–Kier alpha value is -0.610. The van der Waals surface area contributed by atoms with Gasteiger partial charge in [0.2, 0.25) is 0 Å². The molecule has 0 aliphatic rings. The van der Waals surface area contributed by atoms with Crippen LogP contribution in [0, 0.1) is 0 Å². The van der Waals surface area contributed by atoms with Crippen LogP contribution in [0.1, 0.15) is 4.88 Å². The SMILES string of the molecule is BrCc1ccc(-n2cccn2)s1. The monoisotopic (exact) mass is 242 g/mol. The van der Waals surface area contributed by atoms with E-state index in [9.17, 15) is 0 Å². The molecule has 2 rings (SSSR count). The Kier molecular flexibility index (Phi) is 2.28. The van der Waals surface area contributed by atoms with Crippen LogP contribution in [0.5, 0.6) is 0 Å². The largest absolute Gasteiger partial charge is 0.231 e. The summed E-state index contributed by atoms with van der Waals surface area (Å²) >= 11 is 5.16. The Morgan fingerprint density at radius 1 is 1.50 bits per heavy atom. The van der Waals surface area contributed by atoms with Gasteiger partial charge in [0.15, 0.2) is 0 Å². The van der Waals surface area contributed by atoms with Gasteiger partial charge in [0.05, 0.1) is 0 Å². The van der Waals surface area contributed by atoms with Crippen molar-refractivity contribution in [2.45, 2.75) is 5.33 Å². The van der Waals surface area contributed by atoms with Gasteiger partial charge < -0.3 is 0 Å². The fraction of sp³-hybridized carbons (Fsp3) is 0.125. The molecule has 0 saturated carbocycles. The predicted octanol–water partition coefficient (Wildman–Crippen LogP) is 2.83. The zero-order valence-electron chi connectivity index (χ0n) is 6.27. The third kappa shape index (κ3) is 1.44. The van der Waals surface area contributed by atoms with Crippen LogP contribution in [0.25, 0.3) is 5.00 Å². The lowest BCUT2D eigenvalue weighted by Crippen LogP contribution is -1.88. The zero-order chi connectivity index (χ0) is 8.39. The van der Waals surface area contributed by atoms with Crippen molar-refractivity contribution in [1.82, 2.24) is 9.78 Å². The van der Waals surface area contributed by atoms with Gasteiger partial charge in [0.1, 0.15) is 5.00 Å². The molecule has 2 nitrogen and oxygen atoms in total. The molecule has 62 valence electrons. The molecular weight excluding hydrogens is 236 g/mol. The average molecular weight is 243 g/mol. The van der Waals surface area contributed by atoms with Gasteiger partial charge in [-0.05, 0) is 18.2 Å². The summed E-state index contributed by atoms with van der Waals surface area (Å²) in [5.41, 5.74) is 0. The highest BCUT2D eigenvalue weighted by Crippen LogP contribution is 2.21. The number of thiophene rings is 1. The molecule has 0 saturated heterocycles. The summed E-state index contributed by atoms with van der Waals surface area (Å²) in [5.74, 6) is 0. The minimum Gasteiger partial charge on any atom is -0.231 e. The maximum atomic E-state index is 4.15. The minimum atomic E-state index is 0.916. The van der Waals surface area contributed by atoms with E-state index in [-0.39, 0.29) is 0 Å². The maximum Gasteiger partial charge on any atom is 0.117 e. The number of hydrogen-bond acceptors (Lipinski definition) is 2. The molecule has 12 heavy (non-hydrogen) atoms. The Morgan fingerprint density at radius 3 is 3.00 bits per heavy atom. The molecule has 0 aliphatic heterocycles. The second-order valence-corrected chi connectivity index (χ2v) is 4.03. The lowest BCUT2D eigenvalue weighted by Gasteiger charge is -1.92. The first-order valence-corrected chi connectivity index (χ1v) is 5.48. The molecule has 2 aromatic rings. The van der Waals surface area contributed by atoms with E-state index in [0.717, 1.165) is 10.3 Å². The van der Waals surface area contributed by atoms with E-state index in [1.165, 1.54) is 4.88 Å². The van der Waals surface area contributed by atoms with Crippen LogP contribution in [0.15, 0.2) is 30.6 Å². The van der Waals surface area contributed by atoms with E-state index < -0.39 is 0 Å². The fourth-order valence-electron chi connectivity index (χ4n) is 0.961. The smallest absolute Gasteiger partial charge is 0.117 e. The molecule has 0 spiro atoms. The molecule has 4 heteroatoms. The predicted molar refractivity (Wildman–Crippen MR) is 54.1 cm³/mol. The minimum absolute atomic E-state index is 0.916. The van der Waals surface area contributed by atoms with Crippen molar-refractivity contribution in [3.05, 3.63) is 35.5 Å². The van der Waals surface area contributed by atoms with Crippen molar-refractivity contribution in [1.29, 1.82) is 0 Å². The topological polar surface area (TPSA) is 17.8 Å². The molecule has 0 fully saturated rings. The summed E-state index contributed by atoms with van der Waals surface area (Å²) in [4.78, 5) is 1.32. The molecule has 0 unspecified atom stereocenters. The Bertz CT molecular complexity index is 353. The molecule has 0 amide bonds. The molecule has 0 radical (unpaired) electrons. The summed E-state index contributed by atoms with van der Waals surface area (Å²) < 4.78 is 1.87. The Morgan fingerprint density at radius 2 is 2.42 bits per heavy atom. The number of hydrogen-bond donors (Lipinski definition) is 0. The molecule has 0 aliphatic carbocycles. The third-order valence-electron chi connectivity index (χ3n) is 1.51. The maximum absolute atomic E-state index is 4.15. The molecule has 2 heterocycles. The van der Waals surface area contributed by atoms with Gasteiger partial charge in [-0.2, -0.15) is 5.10 Å². The highest BCUT2D eigenvalue weighted by molar-refractivity contribution is 9.08. The van der Waals surface area contributed by atoms with E-state index in [0.29, 0.717) is 0 Å². The van der Waals surface area contributed by atoms with E-state index >= 15 is 0 Å². The third-order valence-corrected chi connectivity index (χ3v) is 3.56. The van der Waals surface area contributed by atoms with Crippen LogP contribution in [-0.2, 0) is 5.33 Å². The van der Waals surface area contributed by atoms with Gasteiger partial charge in [-0.1, -0.05) is 15.9 Å². The van der Waals surface area contributed by atoms with Crippen molar-refractivity contribution in [2.24, 2.45) is 0 Å². The fourth-order valence-corrected chi connectivity index (χ4v) is 2.29. The van der Waals surface area contributed by atoms with Crippen molar-refractivity contribution in [3.8, 4) is 5.00 Å². The normalized spacial score (nSPS) is 10.4. The lowest BCUT2D eigenvalue weighted by atomic mass is 10.5. The van der Waals surface area contributed by atoms with Crippen molar-refractivity contribution < 1.29 is 0 Å². The van der Waals surface area contributed by atoms with Gasteiger partial charge in [-0.3, -0.25) is 0 Å². The highest BCUT2D eigenvalue weighted by atomic mass is 79.9. The van der Waals surface area contributed by atoms with Crippen LogP contribution in [0.4, 0.5) is 0 Å². The quantitative estimate of drug-likeness (QED) is 0.741. The van der Waals surface area contributed by atoms with Gasteiger partial charge in [-0.15, -0.1) is 11.3 Å². The lowest BCUT2D eigenvalue weighted by molar-refractivity contribution is 0.898. The van der Waals surface area contributed by atoms with E-state index in [2.05, 4.69) is 33.2 Å². The Labute approximate surface area is 83.0 Å². The van der Waals surface area contributed by atoms with Gasteiger partial charge >= 0.3 is 0 Å². The number of aromatic nitrogens is 2. The van der Waals surface area contributed by atoms with E-state index in [1.54, 1.807) is 17.5 Å². The van der Waals surface area contributed by atoms with Crippen molar-refractivity contribution in [3.63, 3.8) is 0 Å². The van der Waals surface area contributed by atoms with Crippen LogP contribution in [0.3, 0.4) is 0 Å². The number of halogens is 1. The molecule has 0 bridgehead atoms. The molecule has 0 N–H and O–H groups in total. The first kappa shape index (κ1) is 8.01. The molecule has 0 aromatic carbocycles. The summed E-state index contributed by atoms with van der Waals surface area (Å²) in [5, 5.41) is 6.22. The van der Waals surface area contributed by atoms with Crippen molar-refractivity contribution >= 4 is 27.3 Å². The first-order chi connectivity index (χ1) is 5.90. The summed E-state index contributed by atoms with van der Waals surface area (Å²) in [6.45, 7) is 0. The number of nitrogens with zero attached hydrogens (tertiary/aromatic N) is 2. The molecule has 0 atom stereocenters. The van der Waals surface area contributed by atoms with Crippen LogP contribution >= 0.6 is 27.3 Å². The average Bonchev–Trinajstić information content (AvgIpc) is 2.75. The Balaban J connectivity index is 2.35. The second kappa shape index (κ2) is 3.41. The van der Waals surface area contributed by atoms with Gasteiger partial charge in [0, 0.05) is 22.6 Å². The number of rotatable bonds is 2. The van der Waals surface area contributed by atoms with Crippen LogP contribution in [0.2, 0.25) is 0 Å². The summed E-state index contributed by atoms with van der Waals surface area (Å²) in [6.07, 6.45) is 3.73. The second-order valence-electron chi connectivity index (χ2n) is 2.32. The highest BCUT2D eigenvalue weighted by Gasteiger charge is 1.99. The van der Waals surface area contributed by atoms with Gasteiger partial charge in [0.25, 0.3) is 0 Å². The van der Waals surface area contributed by atoms with Crippen molar-refractivity contribution in [2.75, 3.05) is 0 Å². The first-order valence-electron chi connectivity index (χ1n) is 3.55. The van der Waals surface area contributed by atoms with Crippen LogP contribution < -0.4 is 0 Å². The number of alkyl halides is 1. The molecular formula is C8H7BrN2S. The zero-order valence-corrected chi connectivity index (χ0v) is 8.68. The van der Waals surface area contributed by atoms with E-state index in [4.69, 9.17) is 0 Å². The molecule has 2 aromatic heterocycles. The van der Waals surface area contributed by atoms with E-state index in [1.807, 2.05) is 16.9 Å². The standard InChI is InChI=1S/C8H7BrN2S/c9-6-7-2-3-8(12-7)11-5-1-4-10-11/h1-5H,6H2. The van der Waals surface area contributed by atoms with Crippen LogP contribution in [-0.4, -0.2) is 9.78 Å². The van der Waals surface area contributed by atoms with Gasteiger partial charge in [-0.25, -0.2) is 4.68 Å².